The van der Waals surface area contributed by atoms with Crippen LogP contribution in [-0.4, -0.2) is 32.2 Å². The van der Waals surface area contributed by atoms with Crippen molar-refractivity contribution < 1.29 is 19.9 Å². The van der Waals surface area contributed by atoms with Crippen LogP contribution in [0.1, 0.15) is 11.1 Å². The van der Waals surface area contributed by atoms with Gasteiger partial charge in [0.05, 0.1) is 12.4 Å². The van der Waals surface area contributed by atoms with Crippen LogP contribution in [0.2, 0.25) is 10.3 Å². The molecule has 0 atom stereocenters. The Morgan fingerprint density at radius 1 is 0.667 bits per heavy atom. The van der Waals surface area contributed by atoms with E-state index in [9.17, 15) is 0 Å². The van der Waals surface area contributed by atoms with Gasteiger partial charge in [0.15, 0.2) is 0 Å². The molecule has 0 spiro atoms. The van der Waals surface area contributed by atoms with Crippen molar-refractivity contribution in [3.63, 3.8) is 0 Å². The van der Waals surface area contributed by atoms with E-state index in [0.717, 1.165) is 11.3 Å². The third-order valence-electron chi connectivity index (χ3n) is 4.04. The van der Waals surface area contributed by atoms with Crippen molar-refractivity contribution in [3.8, 4) is 17.2 Å². The van der Waals surface area contributed by atoms with Gasteiger partial charge in [-0.15, -0.1) is 0 Å². The Hall–Kier alpha value is -3.10. The van der Waals surface area contributed by atoms with Crippen LogP contribution in [0.5, 0.6) is 17.2 Å². The predicted octanol–water partition coefficient (Wildman–Crippen LogP) is 4.95. The van der Waals surface area contributed by atoms with Crippen LogP contribution in [-0.2, 0) is 0 Å². The molecule has 3 N–H and O–H groups in total. The Labute approximate surface area is 203 Å². The monoisotopic (exact) mass is 484 g/mol. The summed E-state index contributed by atoms with van der Waals surface area (Å²) in [6.07, 6.45) is 2.89. The first-order valence-electron chi connectivity index (χ1n) is 9.82. The van der Waals surface area contributed by atoms with E-state index in [1.807, 2.05) is 50.2 Å². The maximum atomic E-state index is 8.67. The highest BCUT2D eigenvalue weighted by atomic mass is 35.5. The summed E-state index contributed by atoms with van der Waals surface area (Å²) in [6, 6.07) is 21.4. The number of aryl methyl sites for hydroxylation is 2. The summed E-state index contributed by atoms with van der Waals surface area (Å²) in [4.78, 5) is 7.53. The number of halogens is 2. The van der Waals surface area contributed by atoms with Crippen LogP contribution >= 0.6 is 23.2 Å². The molecule has 4 aromatic rings. The number of aromatic nitrogens is 2. The maximum absolute atomic E-state index is 8.67. The lowest BCUT2D eigenvalue weighted by Gasteiger charge is -2.04. The van der Waals surface area contributed by atoms with E-state index in [1.165, 1.54) is 23.9 Å². The first kappa shape index (κ1) is 26.2. The summed E-state index contributed by atoms with van der Waals surface area (Å²) in [7, 11) is -1.35. The van der Waals surface area contributed by atoms with E-state index in [-0.39, 0.29) is 5.75 Å². The summed E-state index contributed by atoms with van der Waals surface area (Å²) in [5.74, 6) is 1.61. The Morgan fingerprint density at radius 3 is 1.58 bits per heavy atom. The molecule has 0 radical (unpaired) electrons. The van der Waals surface area contributed by atoms with E-state index < -0.39 is 7.12 Å². The number of ether oxygens (including phenoxy) is 1. The SMILES string of the molecule is Cc1ccc(B(O)O)cc1.Cc1ccc(Oc2ccc(Cl)nc2)cc1.Oc1ccc(Cl)nc1. The van der Waals surface area contributed by atoms with Gasteiger partial charge in [-0.05, 0) is 55.7 Å². The van der Waals surface area contributed by atoms with Crippen LogP contribution in [0.15, 0.2) is 85.2 Å². The van der Waals surface area contributed by atoms with Crippen LogP contribution in [0.25, 0.3) is 0 Å². The molecule has 6 nitrogen and oxygen atoms in total. The highest BCUT2D eigenvalue weighted by Gasteiger charge is 2.08. The van der Waals surface area contributed by atoms with Gasteiger partial charge in [0.1, 0.15) is 27.6 Å². The van der Waals surface area contributed by atoms with E-state index >= 15 is 0 Å². The van der Waals surface area contributed by atoms with Crippen molar-refractivity contribution in [1.82, 2.24) is 9.97 Å². The van der Waals surface area contributed by atoms with Gasteiger partial charge in [-0.3, -0.25) is 0 Å². The number of rotatable bonds is 3. The Morgan fingerprint density at radius 2 is 1.15 bits per heavy atom. The lowest BCUT2D eigenvalue weighted by Crippen LogP contribution is -2.29. The van der Waals surface area contributed by atoms with Crippen molar-refractivity contribution in [3.05, 3.63) is 107 Å². The van der Waals surface area contributed by atoms with Crippen LogP contribution in [0.3, 0.4) is 0 Å². The van der Waals surface area contributed by atoms with E-state index in [2.05, 4.69) is 9.97 Å². The van der Waals surface area contributed by atoms with Gasteiger partial charge in [0.25, 0.3) is 0 Å². The lowest BCUT2D eigenvalue weighted by molar-refractivity contribution is 0.426. The molecule has 0 amide bonds. The Balaban J connectivity index is 0.000000186. The second kappa shape index (κ2) is 13.5. The van der Waals surface area contributed by atoms with Crippen molar-refractivity contribution in [2.45, 2.75) is 13.8 Å². The highest BCUT2D eigenvalue weighted by molar-refractivity contribution is 6.58. The lowest BCUT2D eigenvalue weighted by atomic mass is 9.80. The predicted molar refractivity (Wildman–Crippen MR) is 132 cm³/mol. The molecule has 0 bridgehead atoms. The summed E-state index contributed by atoms with van der Waals surface area (Å²) in [5, 5.41) is 26.8. The molecule has 33 heavy (non-hydrogen) atoms. The van der Waals surface area contributed by atoms with Gasteiger partial charge < -0.3 is 19.9 Å². The number of pyridine rings is 2. The number of benzene rings is 2. The van der Waals surface area contributed by atoms with Gasteiger partial charge in [-0.25, -0.2) is 9.97 Å². The van der Waals surface area contributed by atoms with Crippen molar-refractivity contribution in [1.29, 1.82) is 0 Å². The van der Waals surface area contributed by atoms with Gasteiger partial charge in [0.2, 0.25) is 0 Å². The first-order valence-corrected chi connectivity index (χ1v) is 10.6. The van der Waals surface area contributed by atoms with E-state index in [4.69, 9.17) is 43.1 Å². The molecular weight excluding hydrogens is 462 g/mol. The molecule has 0 saturated carbocycles. The van der Waals surface area contributed by atoms with Gasteiger partial charge in [0, 0.05) is 0 Å². The fourth-order valence-electron chi connectivity index (χ4n) is 2.27. The maximum Gasteiger partial charge on any atom is 0.488 e. The molecular formula is C24H23BCl2N2O4. The molecule has 0 fully saturated rings. The molecule has 0 aliphatic carbocycles. The van der Waals surface area contributed by atoms with Crippen LogP contribution < -0.4 is 10.2 Å². The zero-order valence-electron chi connectivity index (χ0n) is 18.1. The molecule has 4 rings (SSSR count). The van der Waals surface area contributed by atoms with E-state index in [0.29, 0.717) is 21.5 Å². The molecule has 0 saturated heterocycles. The average Bonchev–Trinajstić information content (AvgIpc) is 2.80. The second-order valence-corrected chi connectivity index (χ2v) is 7.63. The van der Waals surface area contributed by atoms with Crippen molar-refractivity contribution >= 4 is 35.8 Å². The zero-order chi connectivity index (χ0) is 24.2. The molecule has 0 aliphatic rings. The number of nitrogens with zero attached hydrogens (tertiary/aromatic N) is 2. The summed E-state index contributed by atoms with van der Waals surface area (Å²) >= 11 is 11.1. The largest absolute Gasteiger partial charge is 0.506 e. The molecule has 2 aromatic carbocycles. The minimum absolute atomic E-state index is 0.134. The van der Waals surface area contributed by atoms with Crippen molar-refractivity contribution in [2.24, 2.45) is 0 Å². The fourth-order valence-corrected chi connectivity index (χ4v) is 2.50. The normalized spacial score (nSPS) is 9.64. The van der Waals surface area contributed by atoms with Gasteiger partial charge in [-0.2, -0.15) is 0 Å². The molecule has 0 unspecified atom stereocenters. The highest BCUT2D eigenvalue weighted by Crippen LogP contribution is 2.21. The fraction of sp³-hybridized carbons (Fsp3) is 0.0833. The van der Waals surface area contributed by atoms with Crippen LogP contribution in [0, 0.1) is 13.8 Å². The number of hydrogen-bond acceptors (Lipinski definition) is 6. The minimum atomic E-state index is -1.35. The minimum Gasteiger partial charge on any atom is -0.506 e. The Kier molecular flexibility index (Phi) is 10.7. The summed E-state index contributed by atoms with van der Waals surface area (Å²) < 4.78 is 5.57. The molecule has 2 aromatic heterocycles. The summed E-state index contributed by atoms with van der Waals surface area (Å²) in [5.41, 5.74) is 2.85. The average molecular weight is 485 g/mol. The van der Waals surface area contributed by atoms with Gasteiger partial charge >= 0.3 is 7.12 Å². The van der Waals surface area contributed by atoms with Crippen molar-refractivity contribution in [2.75, 3.05) is 0 Å². The molecule has 170 valence electrons. The molecule has 2 heterocycles. The molecule has 0 aliphatic heterocycles. The third kappa shape index (κ3) is 10.4. The zero-order valence-corrected chi connectivity index (χ0v) is 19.6. The quantitative estimate of drug-likeness (QED) is 0.281. The second-order valence-electron chi connectivity index (χ2n) is 6.86. The van der Waals surface area contributed by atoms with Crippen LogP contribution in [0.4, 0.5) is 0 Å². The number of aromatic hydroxyl groups is 1. The topological polar surface area (TPSA) is 95.7 Å². The number of hydrogen-bond donors (Lipinski definition) is 3. The summed E-state index contributed by atoms with van der Waals surface area (Å²) in [6.45, 7) is 3.99. The third-order valence-corrected chi connectivity index (χ3v) is 4.49. The van der Waals surface area contributed by atoms with E-state index in [1.54, 1.807) is 30.5 Å². The van der Waals surface area contributed by atoms with Gasteiger partial charge in [-0.1, -0.05) is 70.7 Å². The molecule has 9 heteroatoms. The smallest absolute Gasteiger partial charge is 0.488 e. The Bertz CT molecular complexity index is 1030. The first-order chi connectivity index (χ1) is 15.7. The standard InChI is InChI=1S/C12H10ClNO.C7H9BO2.C5H4ClNO/c1-9-2-4-10(5-3-9)15-11-6-7-12(13)14-8-11;1-6-2-4-7(5-3-6)8(9)10;6-5-2-1-4(8)3-7-5/h2-8H,1H3;2-5,9-10H,1H3;1-3,8H.